The molecule has 224 valence electrons. The van der Waals surface area contributed by atoms with Crippen LogP contribution in [0.25, 0.3) is 11.4 Å². The highest BCUT2D eigenvalue weighted by Gasteiger charge is 2.32. The molecule has 1 aromatic carbocycles. The number of carbonyl (C=O) groups is 3. The molecular weight excluding hydrogens is 554 g/mol. The van der Waals surface area contributed by atoms with Crippen molar-refractivity contribution in [2.45, 2.75) is 59.2 Å². The largest absolute Gasteiger partial charge is 0.444 e. The first kappa shape index (κ1) is 30.8. The Labute approximate surface area is 247 Å². The number of anilines is 1. The molecule has 1 atom stereocenters. The number of nitrogens with one attached hydrogen (secondary N) is 2. The summed E-state index contributed by atoms with van der Waals surface area (Å²) in [6, 6.07) is 11.4. The second-order valence-electron chi connectivity index (χ2n) is 11.1. The number of hydrogen-bond donors (Lipinski definition) is 2. The van der Waals surface area contributed by atoms with Crippen LogP contribution in [0.2, 0.25) is 0 Å². The van der Waals surface area contributed by atoms with E-state index in [9.17, 15) is 19.2 Å². The van der Waals surface area contributed by atoms with Gasteiger partial charge in [0.1, 0.15) is 24.7 Å². The lowest BCUT2D eigenvalue weighted by Crippen LogP contribution is -2.46. The number of pyridine rings is 1. The Kier molecular flexibility index (Phi) is 9.43. The molecule has 4 aromatic rings. The van der Waals surface area contributed by atoms with Gasteiger partial charge in [0.15, 0.2) is 0 Å². The van der Waals surface area contributed by atoms with E-state index in [1.54, 1.807) is 44.3 Å². The Morgan fingerprint density at radius 1 is 1.02 bits per heavy atom. The smallest absolute Gasteiger partial charge is 0.412 e. The number of ketones is 1. The van der Waals surface area contributed by atoms with Gasteiger partial charge in [-0.3, -0.25) is 29.3 Å². The fourth-order valence-electron chi connectivity index (χ4n) is 3.98. The van der Waals surface area contributed by atoms with Crippen LogP contribution in [-0.4, -0.2) is 48.6 Å². The number of aromatic nitrogens is 5. The van der Waals surface area contributed by atoms with E-state index in [0.29, 0.717) is 5.56 Å². The Bertz CT molecular complexity index is 1640. The van der Waals surface area contributed by atoms with Crippen LogP contribution >= 0.6 is 0 Å². The zero-order valence-corrected chi connectivity index (χ0v) is 24.5. The van der Waals surface area contributed by atoms with Crippen molar-refractivity contribution in [2.75, 3.05) is 5.32 Å². The molecule has 4 rings (SSSR count). The van der Waals surface area contributed by atoms with Gasteiger partial charge >= 0.3 is 6.09 Å². The van der Waals surface area contributed by atoms with E-state index in [1.165, 1.54) is 12.4 Å². The molecule has 0 bridgehead atoms. The van der Waals surface area contributed by atoms with Crippen molar-refractivity contribution in [3.05, 3.63) is 88.8 Å². The standard InChI is InChI=1S/C30H33N7O6/c1-18(2)23(24(39)26-35-36-28(43-26)30(3,4)5)34-22(38)16-37-25(20-12-9-13-31-14-20)32-15-21(27(37)40)33-29(41)42-17-19-10-7-6-8-11-19/h6-15,18,23H,16-17H2,1-5H3,(H,33,41)(H,34,38)/t23-/m0/s1. The Morgan fingerprint density at radius 3 is 2.40 bits per heavy atom. The van der Waals surface area contributed by atoms with Gasteiger partial charge in [0.2, 0.25) is 17.6 Å². The summed E-state index contributed by atoms with van der Waals surface area (Å²) in [6.07, 6.45) is 3.36. The zero-order chi connectivity index (χ0) is 31.1. The summed E-state index contributed by atoms with van der Waals surface area (Å²) >= 11 is 0. The quantitative estimate of drug-likeness (QED) is 0.260. The zero-order valence-electron chi connectivity index (χ0n) is 24.5. The van der Waals surface area contributed by atoms with Gasteiger partial charge in [-0.2, -0.15) is 0 Å². The van der Waals surface area contributed by atoms with Gasteiger partial charge in [0.05, 0.1) is 12.2 Å². The fourth-order valence-corrected chi connectivity index (χ4v) is 3.98. The predicted molar refractivity (Wildman–Crippen MR) is 156 cm³/mol. The molecule has 43 heavy (non-hydrogen) atoms. The van der Waals surface area contributed by atoms with Gasteiger partial charge in [-0.05, 0) is 23.6 Å². The number of rotatable bonds is 10. The highest BCUT2D eigenvalue weighted by Crippen LogP contribution is 2.22. The van der Waals surface area contributed by atoms with Crippen LogP contribution < -0.4 is 16.2 Å². The number of amides is 2. The van der Waals surface area contributed by atoms with Crippen molar-refractivity contribution < 1.29 is 23.5 Å². The summed E-state index contributed by atoms with van der Waals surface area (Å²) < 4.78 is 11.9. The Balaban J connectivity index is 1.56. The number of hydrogen-bond acceptors (Lipinski definition) is 10. The third kappa shape index (κ3) is 7.76. The lowest BCUT2D eigenvalue weighted by atomic mass is 9.97. The molecule has 2 amide bonds. The van der Waals surface area contributed by atoms with Gasteiger partial charge in [0.25, 0.3) is 11.4 Å². The molecule has 3 aromatic heterocycles. The average molecular weight is 588 g/mol. The second kappa shape index (κ2) is 13.2. The molecule has 0 spiro atoms. The summed E-state index contributed by atoms with van der Waals surface area (Å²) in [5.41, 5.74) is -0.148. The molecule has 0 fully saturated rings. The number of Topliss-reactive ketones (excluding diaryl/α,β-unsaturated/α-hetero) is 1. The summed E-state index contributed by atoms with van der Waals surface area (Å²) in [5, 5.41) is 12.9. The normalized spacial score (nSPS) is 12.0. The lowest BCUT2D eigenvalue weighted by molar-refractivity contribution is -0.122. The van der Waals surface area contributed by atoms with Crippen molar-refractivity contribution in [3.63, 3.8) is 0 Å². The van der Waals surface area contributed by atoms with Crippen LogP contribution in [0.3, 0.4) is 0 Å². The first-order chi connectivity index (χ1) is 20.4. The average Bonchev–Trinajstić information content (AvgIpc) is 3.49. The second-order valence-corrected chi connectivity index (χ2v) is 11.1. The topological polar surface area (TPSA) is 171 Å². The minimum Gasteiger partial charge on any atom is -0.444 e. The molecule has 0 saturated carbocycles. The van der Waals surface area contributed by atoms with Crippen LogP contribution in [0.1, 0.15) is 56.8 Å². The molecule has 0 radical (unpaired) electrons. The van der Waals surface area contributed by atoms with Crippen molar-refractivity contribution in [1.82, 2.24) is 30.0 Å². The molecule has 0 aliphatic carbocycles. The van der Waals surface area contributed by atoms with E-state index in [2.05, 4.69) is 30.8 Å². The molecule has 0 unspecified atom stereocenters. The van der Waals surface area contributed by atoms with Crippen molar-refractivity contribution >= 4 is 23.5 Å². The molecule has 13 nitrogen and oxygen atoms in total. The van der Waals surface area contributed by atoms with E-state index >= 15 is 0 Å². The van der Waals surface area contributed by atoms with E-state index in [1.807, 2.05) is 39.0 Å². The number of ether oxygens (including phenoxy) is 1. The molecule has 3 heterocycles. The monoisotopic (exact) mass is 587 g/mol. The van der Waals surface area contributed by atoms with Gasteiger partial charge in [0, 0.05) is 23.4 Å². The third-order valence-electron chi connectivity index (χ3n) is 6.26. The van der Waals surface area contributed by atoms with Crippen LogP contribution in [0, 0.1) is 5.92 Å². The van der Waals surface area contributed by atoms with Crippen molar-refractivity contribution in [3.8, 4) is 11.4 Å². The fraction of sp³-hybridized carbons (Fsp3) is 0.333. The number of nitrogens with zero attached hydrogens (tertiary/aromatic N) is 5. The van der Waals surface area contributed by atoms with E-state index < -0.39 is 41.3 Å². The SMILES string of the molecule is CC(C)[C@H](NC(=O)Cn1c(-c2cccnc2)ncc(NC(=O)OCc2ccccc2)c1=O)C(=O)c1nnc(C(C)(C)C)o1. The number of carbonyl (C=O) groups excluding carboxylic acids is 3. The minimum atomic E-state index is -1.01. The molecule has 0 saturated heterocycles. The maximum Gasteiger partial charge on any atom is 0.412 e. The maximum absolute atomic E-state index is 13.5. The Hall–Kier alpha value is -5.20. The van der Waals surface area contributed by atoms with E-state index in [4.69, 9.17) is 9.15 Å². The van der Waals surface area contributed by atoms with Crippen molar-refractivity contribution in [1.29, 1.82) is 0 Å². The first-order valence-corrected chi connectivity index (χ1v) is 13.6. The molecule has 0 aliphatic heterocycles. The van der Waals surface area contributed by atoms with Crippen LogP contribution in [0.15, 0.2) is 70.3 Å². The molecule has 0 aliphatic rings. The van der Waals surface area contributed by atoms with E-state index in [-0.39, 0.29) is 35.8 Å². The summed E-state index contributed by atoms with van der Waals surface area (Å²) in [4.78, 5) is 61.0. The van der Waals surface area contributed by atoms with Gasteiger partial charge in [-0.25, -0.2) is 9.78 Å². The lowest BCUT2D eigenvalue weighted by Gasteiger charge is -2.21. The van der Waals surface area contributed by atoms with Crippen LogP contribution in [0.5, 0.6) is 0 Å². The van der Waals surface area contributed by atoms with Crippen LogP contribution in [0.4, 0.5) is 10.5 Å². The first-order valence-electron chi connectivity index (χ1n) is 13.6. The maximum atomic E-state index is 13.5. The summed E-state index contributed by atoms with van der Waals surface area (Å²) in [7, 11) is 0. The third-order valence-corrected chi connectivity index (χ3v) is 6.26. The van der Waals surface area contributed by atoms with Crippen molar-refractivity contribution in [2.24, 2.45) is 5.92 Å². The minimum absolute atomic E-state index is 0.00756. The van der Waals surface area contributed by atoms with E-state index in [0.717, 1.165) is 10.1 Å². The Morgan fingerprint density at radius 2 is 1.77 bits per heavy atom. The van der Waals surface area contributed by atoms with Gasteiger partial charge in [-0.1, -0.05) is 65.0 Å². The highest BCUT2D eigenvalue weighted by molar-refractivity contribution is 5.98. The number of benzene rings is 1. The summed E-state index contributed by atoms with van der Waals surface area (Å²) in [6.45, 7) is 8.59. The summed E-state index contributed by atoms with van der Waals surface area (Å²) in [5.74, 6) is -1.35. The molecule has 13 heteroatoms. The molecule has 2 N–H and O–H groups in total. The molecular formula is C30H33N7O6. The predicted octanol–water partition coefficient (Wildman–Crippen LogP) is 3.76. The van der Waals surface area contributed by atoms with Gasteiger partial charge in [-0.15, -0.1) is 10.2 Å². The van der Waals surface area contributed by atoms with Crippen LogP contribution in [-0.2, 0) is 28.1 Å². The highest BCUT2D eigenvalue weighted by atomic mass is 16.5. The van der Waals surface area contributed by atoms with Gasteiger partial charge < -0.3 is 14.5 Å².